The highest BCUT2D eigenvalue weighted by molar-refractivity contribution is 9.10. The maximum absolute atomic E-state index is 6.00. The number of ether oxygens (including phenoxy) is 1. The van der Waals surface area contributed by atoms with Crippen molar-refractivity contribution in [1.82, 2.24) is 4.98 Å². The Kier molecular flexibility index (Phi) is 3.63. The number of hydrogen-bond acceptors (Lipinski definition) is 3. The zero-order valence-corrected chi connectivity index (χ0v) is 13.5. The molecular weight excluding hydrogens is 384 g/mol. The van der Waals surface area contributed by atoms with Crippen molar-refractivity contribution >= 4 is 48.5 Å². The Labute approximate surface area is 133 Å². The molecule has 0 bridgehead atoms. The van der Waals surface area contributed by atoms with Crippen LogP contribution in [-0.2, 0) is 0 Å². The van der Waals surface area contributed by atoms with Crippen molar-refractivity contribution in [3.05, 3.63) is 57.6 Å². The van der Waals surface area contributed by atoms with Gasteiger partial charge < -0.3 is 10.5 Å². The first-order valence-electron chi connectivity index (χ1n) is 5.90. The molecule has 0 spiro atoms. The Morgan fingerprint density at radius 1 is 0.950 bits per heavy atom. The molecule has 2 N–H and O–H groups in total. The average molecular weight is 394 g/mol. The summed E-state index contributed by atoms with van der Waals surface area (Å²) in [4.78, 5) is 4.30. The van der Waals surface area contributed by atoms with Gasteiger partial charge in [-0.25, -0.2) is 0 Å². The van der Waals surface area contributed by atoms with E-state index in [0.717, 1.165) is 25.6 Å². The van der Waals surface area contributed by atoms with Gasteiger partial charge >= 0.3 is 0 Å². The van der Waals surface area contributed by atoms with Crippen LogP contribution in [0.5, 0.6) is 11.5 Å². The summed E-state index contributed by atoms with van der Waals surface area (Å²) in [6.07, 6.45) is 1.62. The Bertz CT molecular complexity index is 767. The minimum atomic E-state index is 0.513. The predicted molar refractivity (Wildman–Crippen MR) is 88.1 cm³/mol. The number of pyridine rings is 1. The minimum Gasteiger partial charge on any atom is -0.454 e. The molecule has 0 saturated heterocycles. The highest BCUT2D eigenvalue weighted by Crippen LogP contribution is 2.35. The number of halogens is 2. The molecule has 100 valence electrons. The fraction of sp³-hybridized carbons (Fsp3) is 0. The lowest BCUT2D eigenvalue weighted by atomic mass is 10.2. The fourth-order valence-electron chi connectivity index (χ4n) is 1.89. The number of nitrogens with two attached hydrogens (primary N) is 1. The lowest BCUT2D eigenvalue weighted by Crippen LogP contribution is -1.95. The molecular formula is C15H10Br2N2O. The smallest absolute Gasteiger partial charge is 0.161 e. The van der Waals surface area contributed by atoms with Crippen molar-refractivity contribution in [1.29, 1.82) is 0 Å². The zero-order chi connectivity index (χ0) is 14.1. The summed E-state index contributed by atoms with van der Waals surface area (Å²) in [5.74, 6) is 1.35. The first-order chi connectivity index (χ1) is 9.63. The molecule has 1 heterocycles. The van der Waals surface area contributed by atoms with E-state index in [0.29, 0.717) is 11.4 Å². The monoisotopic (exact) mass is 392 g/mol. The number of aromatic nitrogens is 1. The molecule has 0 saturated carbocycles. The number of anilines is 1. The van der Waals surface area contributed by atoms with Crippen LogP contribution >= 0.6 is 31.9 Å². The number of rotatable bonds is 2. The normalized spacial score (nSPS) is 10.7. The van der Waals surface area contributed by atoms with Gasteiger partial charge in [-0.05, 0) is 42.5 Å². The average Bonchev–Trinajstić information content (AvgIpc) is 2.44. The molecule has 1 aromatic heterocycles. The molecule has 0 amide bonds. The molecule has 0 aliphatic carbocycles. The highest BCUT2D eigenvalue weighted by Gasteiger charge is 2.10. The lowest BCUT2D eigenvalue weighted by molar-refractivity contribution is 0.490. The van der Waals surface area contributed by atoms with Gasteiger partial charge in [-0.15, -0.1) is 0 Å². The van der Waals surface area contributed by atoms with Crippen molar-refractivity contribution in [2.24, 2.45) is 0 Å². The van der Waals surface area contributed by atoms with Crippen LogP contribution in [0.2, 0.25) is 0 Å². The standard InChI is InChI=1S/C15H10Br2N2O/c16-9-1-4-11(5-2-9)20-15-12-7-10(17)3-6-14(12)19-8-13(15)18/h1-8H,18H2. The summed E-state index contributed by atoms with van der Waals surface area (Å²) >= 11 is 6.85. The lowest BCUT2D eigenvalue weighted by Gasteiger charge is -2.11. The molecule has 20 heavy (non-hydrogen) atoms. The molecule has 2 aromatic carbocycles. The van der Waals surface area contributed by atoms with Crippen LogP contribution in [0, 0.1) is 0 Å². The summed E-state index contributed by atoms with van der Waals surface area (Å²) in [7, 11) is 0. The van der Waals surface area contributed by atoms with Crippen LogP contribution in [0.15, 0.2) is 57.6 Å². The summed E-state index contributed by atoms with van der Waals surface area (Å²) in [6, 6.07) is 13.4. The predicted octanol–water partition coefficient (Wildman–Crippen LogP) is 5.13. The summed E-state index contributed by atoms with van der Waals surface area (Å²) in [6.45, 7) is 0. The first kappa shape index (κ1) is 13.4. The molecule has 0 radical (unpaired) electrons. The molecule has 0 aliphatic rings. The van der Waals surface area contributed by atoms with Crippen LogP contribution in [0.3, 0.4) is 0 Å². The van der Waals surface area contributed by atoms with Crippen molar-refractivity contribution in [3.63, 3.8) is 0 Å². The summed E-state index contributed by atoms with van der Waals surface area (Å²) in [5, 5.41) is 0.877. The van der Waals surface area contributed by atoms with Crippen LogP contribution in [-0.4, -0.2) is 4.98 Å². The summed E-state index contributed by atoms with van der Waals surface area (Å²) in [5.41, 5.74) is 7.36. The number of hydrogen-bond donors (Lipinski definition) is 1. The Balaban J connectivity index is 2.12. The third-order valence-electron chi connectivity index (χ3n) is 2.84. The Morgan fingerprint density at radius 2 is 1.65 bits per heavy atom. The first-order valence-corrected chi connectivity index (χ1v) is 7.49. The Morgan fingerprint density at radius 3 is 2.40 bits per heavy atom. The Hall–Kier alpha value is -1.59. The van der Waals surface area contributed by atoms with E-state index in [4.69, 9.17) is 10.5 Å². The zero-order valence-electron chi connectivity index (χ0n) is 10.3. The van der Waals surface area contributed by atoms with E-state index < -0.39 is 0 Å². The fourth-order valence-corrected chi connectivity index (χ4v) is 2.52. The van der Waals surface area contributed by atoms with Crippen molar-refractivity contribution in [2.75, 3.05) is 5.73 Å². The minimum absolute atomic E-state index is 0.513. The molecule has 3 nitrogen and oxygen atoms in total. The number of nitrogen functional groups attached to an aromatic ring is 1. The highest BCUT2D eigenvalue weighted by atomic mass is 79.9. The van der Waals surface area contributed by atoms with Gasteiger partial charge in [0.05, 0.1) is 17.4 Å². The molecule has 3 rings (SSSR count). The second kappa shape index (κ2) is 5.42. The van der Waals surface area contributed by atoms with Crippen LogP contribution in [0.1, 0.15) is 0 Å². The topological polar surface area (TPSA) is 48.1 Å². The van der Waals surface area contributed by atoms with E-state index in [1.165, 1.54) is 0 Å². The maximum atomic E-state index is 6.00. The number of nitrogens with zero attached hydrogens (tertiary/aromatic N) is 1. The van der Waals surface area contributed by atoms with Gasteiger partial charge in [0.25, 0.3) is 0 Å². The van der Waals surface area contributed by atoms with Gasteiger partial charge in [-0.3, -0.25) is 4.98 Å². The molecule has 5 heteroatoms. The van der Waals surface area contributed by atoms with Crippen LogP contribution in [0.4, 0.5) is 5.69 Å². The van der Waals surface area contributed by atoms with E-state index in [9.17, 15) is 0 Å². The molecule has 3 aromatic rings. The molecule has 0 aliphatic heterocycles. The second-order valence-corrected chi connectivity index (χ2v) is 6.09. The van der Waals surface area contributed by atoms with Gasteiger partial charge in [-0.1, -0.05) is 31.9 Å². The quantitative estimate of drug-likeness (QED) is 0.656. The van der Waals surface area contributed by atoms with Crippen molar-refractivity contribution < 1.29 is 4.74 Å². The number of fused-ring (bicyclic) bond motifs is 1. The van der Waals surface area contributed by atoms with E-state index >= 15 is 0 Å². The van der Waals surface area contributed by atoms with Gasteiger partial charge in [-0.2, -0.15) is 0 Å². The third kappa shape index (κ3) is 2.64. The van der Waals surface area contributed by atoms with E-state index in [1.807, 2.05) is 42.5 Å². The molecule has 0 fully saturated rings. The molecule has 0 atom stereocenters. The summed E-state index contributed by atoms with van der Waals surface area (Å²) < 4.78 is 7.88. The van der Waals surface area contributed by atoms with Crippen LogP contribution in [0.25, 0.3) is 10.9 Å². The van der Waals surface area contributed by atoms with Crippen molar-refractivity contribution in [3.8, 4) is 11.5 Å². The third-order valence-corrected chi connectivity index (χ3v) is 3.86. The van der Waals surface area contributed by atoms with Crippen molar-refractivity contribution in [2.45, 2.75) is 0 Å². The maximum Gasteiger partial charge on any atom is 0.161 e. The van der Waals surface area contributed by atoms with E-state index in [2.05, 4.69) is 36.8 Å². The van der Waals surface area contributed by atoms with Gasteiger partial charge in [0.15, 0.2) is 5.75 Å². The molecule has 0 unspecified atom stereocenters. The van der Waals surface area contributed by atoms with E-state index in [-0.39, 0.29) is 0 Å². The van der Waals surface area contributed by atoms with Gasteiger partial charge in [0.2, 0.25) is 0 Å². The van der Waals surface area contributed by atoms with Gasteiger partial charge in [0.1, 0.15) is 5.75 Å². The van der Waals surface area contributed by atoms with E-state index in [1.54, 1.807) is 6.20 Å². The second-order valence-electron chi connectivity index (χ2n) is 4.26. The van der Waals surface area contributed by atoms with Gasteiger partial charge in [0, 0.05) is 14.3 Å². The SMILES string of the molecule is Nc1cnc2ccc(Br)cc2c1Oc1ccc(Br)cc1. The number of benzene rings is 2. The van der Waals surface area contributed by atoms with Crippen LogP contribution < -0.4 is 10.5 Å². The largest absolute Gasteiger partial charge is 0.454 e.